The fourth-order valence-electron chi connectivity index (χ4n) is 2.34. The molecular formula is C16H27N3Si2. The van der Waals surface area contributed by atoms with Crippen molar-refractivity contribution in [2.45, 2.75) is 70.0 Å². The number of nitrogens with zero attached hydrogens (tertiary/aromatic N) is 3. The number of unbranched alkanes of at least 4 members (excludes halogenated alkanes) is 2. The molecule has 114 valence electrons. The molecule has 0 spiro atoms. The molecule has 0 rings (SSSR count). The molecule has 5 heteroatoms. The Labute approximate surface area is 131 Å². The lowest BCUT2D eigenvalue weighted by atomic mass is 10.4. The molecule has 0 saturated carbocycles. The fraction of sp³-hybridized carbons (Fsp3) is 0.688. The van der Waals surface area contributed by atoms with Crippen LogP contribution < -0.4 is 0 Å². The summed E-state index contributed by atoms with van der Waals surface area (Å²) in [7, 11) is -3.03. The van der Waals surface area contributed by atoms with E-state index in [1.54, 1.807) is 0 Å². The van der Waals surface area contributed by atoms with E-state index in [-0.39, 0.29) is 0 Å². The van der Waals surface area contributed by atoms with E-state index in [2.05, 4.69) is 50.5 Å². The minimum atomic E-state index is -1.69. The van der Waals surface area contributed by atoms with Gasteiger partial charge in [-0.05, 0) is 18.9 Å². The molecule has 0 aliphatic heterocycles. The minimum Gasteiger partial charge on any atom is -0.198 e. The van der Waals surface area contributed by atoms with Crippen LogP contribution in [0.15, 0.2) is 11.3 Å². The predicted octanol–water partition coefficient (Wildman–Crippen LogP) is 5.00. The molecule has 0 heterocycles. The second-order valence-corrected chi connectivity index (χ2v) is 17.0. The first-order chi connectivity index (χ1) is 9.79. The first-order valence-corrected chi connectivity index (χ1v) is 14.3. The van der Waals surface area contributed by atoms with Crippen molar-refractivity contribution in [1.82, 2.24) is 0 Å². The summed E-state index contributed by atoms with van der Waals surface area (Å²) < 4.78 is 0. The van der Waals surface area contributed by atoms with Gasteiger partial charge in [0.2, 0.25) is 0 Å². The molecule has 0 fully saturated rings. The Bertz CT molecular complexity index is 473. The van der Waals surface area contributed by atoms with Crippen molar-refractivity contribution in [2.24, 2.45) is 0 Å². The highest BCUT2D eigenvalue weighted by Crippen LogP contribution is 2.26. The number of allylic oxidation sites excluding steroid dienone is 2. The van der Waals surface area contributed by atoms with Gasteiger partial charge in [-0.15, -0.1) is 0 Å². The smallest absolute Gasteiger partial charge is 0.0938 e. The maximum Gasteiger partial charge on any atom is 0.0938 e. The van der Waals surface area contributed by atoms with Crippen LogP contribution in [-0.4, -0.2) is 16.1 Å². The van der Waals surface area contributed by atoms with Gasteiger partial charge in [0.05, 0.1) is 34.4 Å². The van der Waals surface area contributed by atoms with Gasteiger partial charge in [0.1, 0.15) is 0 Å². The van der Waals surface area contributed by atoms with Gasteiger partial charge >= 0.3 is 0 Å². The van der Waals surface area contributed by atoms with Crippen LogP contribution in [-0.2, 0) is 0 Å². The number of rotatable bonds is 9. The Hall–Kier alpha value is -1.36. The topological polar surface area (TPSA) is 71.4 Å². The summed E-state index contributed by atoms with van der Waals surface area (Å²) in [6.45, 7) is 9.12. The van der Waals surface area contributed by atoms with Gasteiger partial charge in [-0.2, -0.15) is 15.8 Å². The fourth-order valence-corrected chi connectivity index (χ4v) is 6.93. The molecule has 3 nitrogen and oxygen atoms in total. The molecule has 0 aliphatic rings. The van der Waals surface area contributed by atoms with E-state index in [9.17, 15) is 5.26 Å². The van der Waals surface area contributed by atoms with Crippen LogP contribution >= 0.6 is 0 Å². The zero-order valence-corrected chi connectivity index (χ0v) is 15.9. The summed E-state index contributed by atoms with van der Waals surface area (Å²) in [5, 5.41) is 27.7. The molecule has 0 saturated heterocycles. The van der Waals surface area contributed by atoms with E-state index in [0.717, 1.165) is 36.2 Å². The highest BCUT2D eigenvalue weighted by Gasteiger charge is 2.27. The van der Waals surface area contributed by atoms with Crippen molar-refractivity contribution in [1.29, 1.82) is 15.8 Å². The maximum absolute atomic E-state index is 9.45. The van der Waals surface area contributed by atoms with E-state index in [4.69, 9.17) is 10.5 Å². The molecule has 0 aromatic carbocycles. The third-order valence-corrected chi connectivity index (χ3v) is 10.3. The van der Waals surface area contributed by atoms with Crippen LogP contribution in [0.5, 0.6) is 0 Å². The van der Waals surface area contributed by atoms with Gasteiger partial charge in [-0.25, -0.2) is 0 Å². The standard InChI is InChI=1S/C16H27N3Si2/c1-20(2,12-7-5-10-17)14-9-16(15-19)21(3,4)13-8-6-11-18/h9H,5-8,12-14H2,1-4H3. The van der Waals surface area contributed by atoms with E-state index in [1.165, 1.54) is 0 Å². The molecule has 0 atom stereocenters. The SMILES string of the molecule is C[Si](C)(CC=C(C#N)[Si](C)(C)CCCC#N)CCCC#N. The molecule has 0 amide bonds. The van der Waals surface area contributed by atoms with Crippen molar-refractivity contribution >= 4 is 16.1 Å². The van der Waals surface area contributed by atoms with Crippen molar-refractivity contribution in [2.75, 3.05) is 0 Å². The molecule has 0 radical (unpaired) electrons. The lowest BCUT2D eigenvalue weighted by Crippen LogP contribution is -2.30. The predicted molar refractivity (Wildman–Crippen MR) is 92.8 cm³/mol. The second kappa shape index (κ2) is 9.56. The summed E-state index contributed by atoms with van der Waals surface area (Å²) in [6, 6.07) is 9.98. The van der Waals surface area contributed by atoms with E-state index < -0.39 is 16.1 Å². The third kappa shape index (κ3) is 8.50. The first-order valence-electron chi connectivity index (χ1n) is 7.64. The molecule has 0 bridgehead atoms. The average Bonchev–Trinajstić information content (AvgIpc) is 2.39. The molecule has 0 unspecified atom stereocenters. The largest absolute Gasteiger partial charge is 0.198 e. The van der Waals surface area contributed by atoms with Gasteiger partial charge in [0.25, 0.3) is 0 Å². The average molecular weight is 318 g/mol. The summed E-state index contributed by atoms with van der Waals surface area (Å²) >= 11 is 0. The van der Waals surface area contributed by atoms with E-state index >= 15 is 0 Å². The summed E-state index contributed by atoms with van der Waals surface area (Å²) in [5.74, 6) is 0. The number of nitriles is 3. The zero-order chi connectivity index (χ0) is 16.4. The van der Waals surface area contributed by atoms with Crippen molar-refractivity contribution in [3.8, 4) is 18.2 Å². The quantitative estimate of drug-likeness (QED) is 0.341. The molecule has 0 N–H and O–H groups in total. The maximum atomic E-state index is 9.45. The van der Waals surface area contributed by atoms with Crippen LogP contribution in [0.2, 0.25) is 44.3 Å². The summed E-state index contributed by atoms with van der Waals surface area (Å²) in [5.41, 5.74) is 0. The normalized spacial score (nSPS) is 12.3. The van der Waals surface area contributed by atoms with E-state index in [1.807, 2.05) is 0 Å². The van der Waals surface area contributed by atoms with Crippen LogP contribution in [0.25, 0.3) is 0 Å². The monoisotopic (exact) mass is 317 g/mol. The third-order valence-electron chi connectivity index (χ3n) is 3.94. The van der Waals surface area contributed by atoms with Gasteiger partial charge in [0.15, 0.2) is 0 Å². The lowest BCUT2D eigenvalue weighted by molar-refractivity contribution is 0.939. The Kier molecular flexibility index (Phi) is 8.94. The van der Waals surface area contributed by atoms with Gasteiger partial charge in [-0.1, -0.05) is 44.4 Å². The van der Waals surface area contributed by atoms with Crippen LogP contribution in [0.3, 0.4) is 0 Å². The minimum absolute atomic E-state index is 0.587. The lowest BCUT2D eigenvalue weighted by Gasteiger charge is -2.24. The van der Waals surface area contributed by atoms with Gasteiger partial charge in [0, 0.05) is 18.0 Å². The summed E-state index contributed by atoms with van der Waals surface area (Å²) in [6.07, 6.45) is 5.28. The Balaban J connectivity index is 4.68. The Morgan fingerprint density at radius 1 is 0.905 bits per heavy atom. The van der Waals surface area contributed by atoms with Gasteiger partial charge < -0.3 is 0 Å². The number of hydrogen-bond acceptors (Lipinski definition) is 3. The van der Waals surface area contributed by atoms with Gasteiger partial charge in [-0.3, -0.25) is 0 Å². The van der Waals surface area contributed by atoms with Crippen molar-refractivity contribution in [3.63, 3.8) is 0 Å². The molecule has 0 aromatic rings. The van der Waals surface area contributed by atoms with Crippen LogP contribution in [0, 0.1) is 34.0 Å². The molecule has 21 heavy (non-hydrogen) atoms. The van der Waals surface area contributed by atoms with Crippen LogP contribution in [0.1, 0.15) is 25.7 Å². The molecular weight excluding hydrogens is 290 g/mol. The highest BCUT2D eigenvalue weighted by atomic mass is 28.3. The van der Waals surface area contributed by atoms with Crippen LogP contribution in [0.4, 0.5) is 0 Å². The van der Waals surface area contributed by atoms with E-state index in [0.29, 0.717) is 12.8 Å². The van der Waals surface area contributed by atoms with Crippen molar-refractivity contribution in [3.05, 3.63) is 11.3 Å². The molecule has 0 aromatic heterocycles. The number of hydrogen-bond donors (Lipinski definition) is 0. The first kappa shape index (κ1) is 19.6. The van der Waals surface area contributed by atoms with Crippen molar-refractivity contribution < 1.29 is 0 Å². The Morgan fingerprint density at radius 2 is 1.43 bits per heavy atom. The second-order valence-electron chi connectivity index (χ2n) is 7.01. The zero-order valence-electron chi connectivity index (χ0n) is 13.9. The highest BCUT2D eigenvalue weighted by molar-refractivity contribution is 6.85. The molecule has 0 aliphatic carbocycles. The summed E-state index contributed by atoms with van der Waals surface area (Å²) in [4.78, 5) is 0. The Morgan fingerprint density at radius 3 is 1.90 bits per heavy atom.